The summed E-state index contributed by atoms with van der Waals surface area (Å²) >= 11 is 0. The number of fused-ring (bicyclic) bond motifs is 8. The Morgan fingerprint density at radius 1 is 0.481 bits per heavy atom. The molecule has 0 fully saturated rings. The molecule has 6 nitrogen and oxygen atoms in total. The predicted molar refractivity (Wildman–Crippen MR) is 310 cm³/mol. The lowest BCUT2D eigenvalue weighted by atomic mass is 9.73. The molecule has 2 aliphatic rings. The van der Waals surface area contributed by atoms with Crippen molar-refractivity contribution >= 4 is 56.0 Å². The van der Waals surface area contributed by atoms with Gasteiger partial charge in [0.25, 0.3) is 0 Å². The summed E-state index contributed by atoms with van der Waals surface area (Å²) in [7, 11) is 0. The second-order valence-corrected chi connectivity index (χ2v) is 20.8. The van der Waals surface area contributed by atoms with Crippen molar-refractivity contribution < 1.29 is 26.3 Å². The minimum absolute atomic E-state index is 0. The molecule has 0 aliphatic heterocycles. The van der Waals surface area contributed by atoms with Crippen LogP contribution in [0.3, 0.4) is 0 Å². The average Bonchev–Trinajstić information content (AvgIpc) is 4.28. The van der Waals surface area contributed by atoms with Gasteiger partial charge in [0.1, 0.15) is 0 Å². The fourth-order valence-electron chi connectivity index (χ4n) is 12.8. The van der Waals surface area contributed by atoms with E-state index in [9.17, 15) is 0 Å². The zero-order chi connectivity index (χ0) is 54.4. The van der Waals surface area contributed by atoms with E-state index in [1.807, 2.05) is 84.8 Å². The summed E-state index contributed by atoms with van der Waals surface area (Å²) in [5, 5.41) is 2.14. The molecule has 79 heavy (non-hydrogen) atoms. The van der Waals surface area contributed by atoms with Crippen molar-refractivity contribution in [2.75, 3.05) is 0 Å². The molecule has 0 saturated heterocycles. The van der Waals surface area contributed by atoms with Crippen molar-refractivity contribution in [1.82, 2.24) is 28.2 Å². The van der Waals surface area contributed by atoms with Gasteiger partial charge < -0.3 is 18.3 Å². The number of pyridine rings is 2. The van der Waals surface area contributed by atoms with Gasteiger partial charge in [0.2, 0.25) is 5.41 Å². The van der Waals surface area contributed by atoms with E-state index in [1.54, 1.807) is 0 Å². The van der Waals surface area contributed by atoms with Gasteiger partial charge in [-0.05, 0) is 171 Å². The number of allylic oxidation sites excluding steroid dienone is 2. The van der Waals surface area contributed by atoms with Crippen molar-refractivity contribution in [3.8, 4) is 22.7 Å². The van der Waals surface area contributed by atoms with Gasteiger partial charge in [0.05, 0.1) is 38.8 Å². The molecule has 0 bridgehead atoms. The molecule has 6 heterocycles. The molecule has 400 valence electrons. The lowest BCUT2D eigenvalue weighted by Crippen LogP contribution is -2.54. The zero-order valence-corrected chi connectivity index (χ0v) is 44.0. The first-order valence-electron chi connectivity index (χ1n) is 26.5. The van der Waals surface area contributed by atoms with Gasteiger partial charge in [-0.3, -0.25) is 9.97 Å². The van der Waals surface area contributed by atoms with Gasteiger partial charge in [-0.15, -0.1) is 0 Å². The summed E-state index contributed by atoms with van der Waals surface area (Å²) in [5.74, 6) is 0.720. The minimum atomic E-state index is -5.67. The summed E-state index contributed by atoms with van der Waals surface area (Å²) in [5.41, 5.74) is 12.3. The summed E-state index contributed by atoms with van der Waals surface area (Å²) in [6.07, 6.45) is 3.72. The predicted octanol–water partition coefficient (Wildman–Crippen LogP) is 18.5. The highest BCUT2D eigenvalue weighted by molar-refractivity contribution is 6.07. The van der Waals surface area contributed by atoms with E-state index >= 15 is 26.3 Å². The van der Waals surface area contributed by atoms with Crippen LogP contribution in [-0.2, 0) is 11.8 Å². The van der Waals surface area contributed by atoms with E-state index in [4.69, 9.17) is 9.97 Å². The maximum atomic E-state index is 15.0. The maximum absolute atomic E-state index is 15.0. The van der Waals surface area contributed by atoms with E-state index in [1.165, 1.54) is 46.5 Å². The molecule has 11 aromatic rings. The van der Waals surface area contributed by atoms with Crippen LogP contribution in [0.15, 0.2) is 170 Å². The summed E-state index contributed by atoms with van der Waals surface area (Å²) < 4.78 is 98.5. The fourth-order valence-corrected chi connectivity index (χ4v) is 12.8. The van der Waals surface area contributed by atoms with Crippen LogP contribution < -0.4 is 0 Å². The highest BCUT2D eigenvalue weighted by Crippen LogP contribution is 2.56. The smallest absolute Gasteiger partial charge is 0.314 e. The number of benzene rings is 5. The lowest BCUT2D eigenvalue weighted by Gasteiger charge is -2.38. The Balaban J connectivity index is 0.000000172. The Labute approximate surface area is 455 Å². The van der Waals surface area contributed by atoms with Gasteiger partial charge in [-0.2, -0.15) is 26.3 Å². The average molecular weight is 1060 g/mol. The van der Waals surface area contributed by atoms with Crippen molar-refractivity contribution in [1.29, 1.82) is 0 Å². The fraction of sp³-hybridized carbons (Fsp3) is 0.224. The molecule has 2 aliphatic carbocycles. The van der Waals surface area contributed by atoms with Gasteiger partial charge >= 0.3 is 12.4 Å². The summed E-state index contributed by atoms with van der Waals surface area (Å²) in [6, 6.07) is 42.5. The molecular weight excluding hydrogens is 1000 g/mol. The van der Waals surface area contributed by atoms with Crippen LogP contribution in [0.25, 0.3) is 78.8 Å². The summed E-state index contributed by atoms with van der Waals surface area (Å²) in [4.78, 5) is 9.47. The number of aryl methyl sites for hydroxylation is 1. The largest absolute Gasteiger partial charge is 0.411 e. The van der Waals surface area contributed by atoms with Gasteiger partial charge in [0, 0.05) is 68.6 Å². The molecule has 5 aromatic carbocycles. The molecule has 0 N–H and O–H groups in total. The van der Waals surface area contributed by atoms with E-state index in [0.29, 0.717) is 17.3 Å². The second kappa shape index (κ2) is 19.8. The molecule has 0 saturated carbocycles. The number of hydrogen-bond acceptors (Lipinski definition) is 2. The van der Waals surface area contributed by atoms with Crippen molar-refractivity contribution in [3.05, 3.63) is 226 Å². The van der Waals surface area contributed by atoms with E-state index in [0.717, 1.165) is 122 Å². The van der Waals surface area contributed by atoms with E-state index in [2.05, 4.69) is 109 Å². The number of rotatable bonds is 7. The Morgan fingerprint density at radius 3 is 1.54 bits per heavy atom. The Morgan fingerprint density at radius 2 is 0.962 bits per heavy atom. The Hall–Kier alpha value is -8.38. The van der Waals surface area contributed by atoms with Gasteiger partial charge in [0.15, 0.2) is 0 Å². The third-order valence-corrected chi connectivity index (χ3v) is 16.5. The van der Waals surface area contributed by atoms with Crippen molar-refractivity contribution in [2.24, 2.45) is 0 Å². The highest BCUT2D eigenvalue weighted by atomic mass is 19.4. The molecule has 0 radical (unpaired) electrons. The third kappa shape index (κ3) is 8.15. The monoisotopic (exact) mass is 1060 g/mol. The number of para-hydroxylation sites is 2. The Bertz CT molecular complexity index is 4110. The van der Waals surface area contributed by atoms with Crippen LogP contribution >= 0.6 is 0 Å². The van der Waals surface area contributed by atoms with E-state index < -0.39 is 28.9 Å². The molecule has 13 rings (SSSR count). The van der Waals surface area contributed by atoms with Gasteiger partial charge in [-0.25, -0.2) is 0 Å². The molecular formula is C67H60F6N6. The number of hydrogen-bond donors (Lipinski definition) is 0. The van der Waals surface area contributed by atoms with Crippen LogP contribution in [0, 0.1) is 20.8 Å². The highest BCUT2D eigenvalue weighted by Gasteiger charge is 2.72. The van der Waals surface area contributed by atoms with Crippen LogP contribution in [-0.4, -0.2) is 40.6 Å². The molecule has 0 amide bonds. The quantitative estimate of drug-likeness (QED) is 0.149. The molecule has 2 unspecified atom stereocenters. The zero-order valence-electron chi connectivity index (χ0n) is 44.0. The Kier molecular flexibility index (Phi) is 13.2. The lowest BCUT2D eigenvalue weighted by molar-refractivity contribution is -0.288. The molecule has 6 aromatic heterocycles. The first kappa shape index (κ1) is 52.7. The number of nitrogens with zero attached hydrogens (tertiary/aromatic N) is 6. The number of aromatic nitrogens is 6. The minimum Gasteiger partial charge on any atom is -0.314 e. The SMILES string of the molecule is C.CC1CC=Cc2c1c1ncccc1n2-c1cccc(-n2c3ccccc3c3ncccc32)c1.CCc1c2c(n(-c3ccc(C(c4ccc(-n5c(C)c(C)c6ccccc65)cc4)(C(F)(F)F)C(F)(F)F)cc3)c1C)C=CCC2C. The van der Waals surface area contributed by atoms with Crippen LogP contribution in [0.1, 0.15) is 109 Å². The summed E-state index contributed by atoms with van der Waals surface area (Å²) in [6.45, 7) is 12.2. The van der Waals surface area contributed by atoms with Crippen molar-refractivity contribution in [2.45, 2.75) is 97.8 Å². The van der Waals surface area contributed by atoms with Crippen LogP contribution in [0.2, 0.25) is 0 Å². The van der Waals surface area contributed by atoms with Crippen LogP contribution in [0.4, 0.5) is 26.3 Å². The second-order valence-electron chi connectivity index (χ2n) is 20.8. The molecule has 0 spiro atoms. The first-order valence-corrected chi connectivity index (χ1v) is 26.5. The van der Waals surface area contributed by atoms with E-state index in [-0.39, 0.29) is 13.3 Å². The standard InChI is InChI=1S/C37H34F6N2.C29H22N4.CH4/c1-6-30-25(5)45(33-13-9-10-22(2)34(30)33)29-20-16-27(17-21-29)35(36(38,39)40,37(41,42)43)26-14-18-28(19-15-26)44-24(4)23(3)31-11-7-8-12-32(31)44;1-19-8-4-13-24-27(19)29-26(15-7-17-31-29)33(24)21-10-5-9-20(18-21)32-23-12-3-2-11-22(23)28-25(32)14-6-16-30-28;/h7-9,11-22H,6,10H2,1-5H3;2-7,9-19H,8H2,1H3;1H4. The maximum Gasteiger partial charge on any atom is 0.411 e. The molecule has 2 atom stereocenters. The number of halogens is 6. The van der Waals surface area contributed by atoms with Crippen molar-refractivity contribution in [3.63, 3.8) is 0 Å². The first-order chi connectivity index (χ1) is 37.5. The molecule has 12 heteroatoms. The number of alkyl halides is 6. The normalized spacial score (nSPS) is 15.3. The topological polar surface area (TPSA) is 45.5 Å². The van der Waals surface area contributed by atoms with Crippen LogP contribution in [0.5, 0.6) is 0 Å². The van der Waals surface area contributed by atoms with Gasteiger partial charge in [-0.1, -0.05) is 107 Å². The third-order valence-electron chi connectivity index (χ3n) is 16.5.